The van der Waals surface area contributed by atoms with Gasteiger partial charge in [0.05, 0.1) is 5.69 Å². The van der Waals surface area contributed by atoms with Crippen molar-refractivity contribution < 1.29 is 14.3 Å². The maximum Gasteiger partial charge on any atom is 0.332 e. The zero-order valence-corrected chi connectivity index (χ0v) is 15.6. The molecule has 1 saturated heterocycles. The molecule has 0 saturated carbocycles. The molecule has 0 aromatic carbocycles. The van der Waals surface area contributed by atoms with Gasteiger partial charge in [0.2, 0.25) is 0 Å². The average Bonchev–Trinajstić information content (AvgIpc) is 2.71. The lowest BCUT2D eigenvalue weighted by molar-refractivity contribution is -0.169. The summed E-state index contributed by atoms with van der Waals surface area (Å²) in [5.74, 6) is -0.341. The lowest BCUT2D eigenvalue weighted by Crippen LogP contribution is -2.36. The molecule has 128 valence electrons. The van der Waals surface area contributed by atoms with Crippen molar-refractivity contribution in [1.29, 1.82) is 0 Å². The second-order valence-electron chi connectivity index (χ2n) is 6.83. The first kappa shape index (κ1) is 18.4. The quantitative estimate of drug-likeness (QED) is 0.807. The highest BCUT2D eigenvalue weighted by Crippen LogP contribution is 2.34. The van der Waals surface area contributed by atoms with Gasteiger partial charge in [-0.2, -0.15) is 0 Å². The standard InChI is InChI=1S/C17H25BrN2O3/c1-16(2,3)23-15(21)12-22-17(7-4-9-19-10-8-17)14-6-5-13(18)11-20-14/h5-6,11,19H,4,7-10,12H2,1-3H3. The lowest BCUT2D eigenvalue weighted by atomic mass is 9.90. The SMILES string of the molecule is CC(C)(C)OC(=O)COC1(c2ccc(Br)cn2)CCCNCC1. The van der Waals surface area contributed by atoms with Crippen molar-refractivity contribution in [3.8, 4) is 0 Å². The Bertz CT molecular complexity index is 518. The number of halogens is 1. The number of esters is 1. The topological polar surface area (TPSA) is 60.5 Å². The molecule has 1 fully saturated rings. The normalized spacial score (nSPS) is 22.4. The molecule has 0 aliphatic carbocycles. The summed E-state index contributed by atoms with van der Waals surface area (Å²) < 4.78 is 12.4. The van der Waals surface area contributed by atoms with E-state index in [1.807, 2.05) is 32.9 Å². The third kappa shape index (κ3) is 5.55. The van der Waals surface area contributed by atoms with Gasteiger partial charge in [-0.1, -0.05) is 0 Å². The van der Waals surface area contributed by atoms with Crippen molar-refractivity contribution in [2.75, 3.05) is 19.7 Å². The van der Waals surface area contributed by atoms with Crippen LogP contribution in [0.1, 0.15) is 45.7 Å². The van der Waals surface area contributed by atoms with Crippen molar-refractivity contribution >= 4 is 21.9 Å². The summed E-state index contributed by atoms with van der Waals surface area (Å²) in [4.78, 5) is 16.5. The summed E-state index contributed by atoms with van der Waals surface area (Å²) in [7, 11) is 0. The number of rotatable bonds is 4. The van der Waals surface area contributed by atoms with Crippen LogP contribution in [0, 0.1) is 0 Å². The summed E-state index contributed by atoms with van der Waals surface area (Å²) in [6.07, 6.45) is 4.36. The van der Waals surface area contributed by atoms with Gasteiger partial charge in [0, 0.05) is 10.7 Å². The fraction of sp³-hybridized carbons (Fsp3) is 0.647. The molecule has 0 bridgehead atoms. The number of hydrogen-bond acceptors (Lipinski definition) is 5. The van der Waals surface area contributed by atoms with Gasteiger partial charge in [0.1, 0.15) is 17.8 Å². The average molecular weight is 385 g/mol. The highest BCUT2D eigenvalue weighted by atomic mass is 79.9. The molecule has 1 aromatic heterocycles. The molecule has 0 amide bonds. The number of pyridine rings is 1. The highest BCUT2D eigenvalue weighted by Gasteiger charge is 2.36. The minimum atomic E-state index is -0.541. The first-order valence-electron chi connectivity index (χ1n) is 7.99. The Kier molecular flexibility index (Phi) is 6.17. The fourth-order valence-electron chi connectivity index (χ4n) is 2.73. The Hall–Kier alpha value is -0.980. The van der Waals surface area contributed by atoms with E-state index in [2.05, 4.69) is 26.2 Å². The van der Waals surface area contributed by atoms with Crippen molar-refractivity contribution in [3.63, 3.8) is 0 Å². The van der Waals surface area contributed by atoms with Crippen molar-refractivity contribution in [3.05, 3.63) is 28.5 Å². The number of ether oxygens (including phenoxy) is 2. The fourth-order valence-corrected chi connectivity index (χ4v) is 2.96. The lowest BCUT2D eigenvalue weighted by Gasteiger charge is -2.32. The molecule has 1 aromatic rings. The summed E-state index contributed by atoms with van der Waals surface area (Å²) in [6, 6.07) is 3.92. The van der Waals surface area contributed by atoms with Crippen LogP contribution in [0.4, 0.5) is 0 Å². The van der Waals surface area contributed by atoms with Crippen LogP contribution >= 0.6 is 15.9 Å². The molecule has 1 N–H and O–H groups in total. The Morgan fingerprint density at radius 3 is 2.78 bits per heavy atom. The molecule has 23 heavy (non-hydrogen) atoms. The minimum absolute atomic E-state index is 0.0605. The second-order valence-corrected chi connectivity index (χ2v) is 7.75. The molecule has 1 unspecified atom stereocenters. The number of nitrogens with one attached hydrogen (secondary N) is 1. The van der Waals surface area contributed by atoms with Crippen LogP contribution in [0.2, 0.25) is 0 Å². The van der Waals surface area contributed by atoms with Crippen LogP contribution in [0.5, 0.6) is 0 Å². The summed E-state index contributed by atoms with van der Waals surface area (Å²) >= 11 is 3.41. The molecule has 0 spiro atoms. The Balaban J connectivity index is 2.14. The van der Waals surface area contributed by atoms with E-state index in [0.717, 1.165) is 42.5 Å². The van der Waals surface area contributed by atoms with Crippen molar-refractivity contribution in [1.82, 2.24) is 10.3 Å². The zero-order valence-electron chi connectivity index (χ0n) is 14.0. The zero-order chi connectivity index (χ0) is 16.9. The van der Waals surface area contributed by atoms with E-state index in [0.29, 0.717) is 0 Å². The molecular weight excluding hydrogens is 360 g/mol. The highest BCUT2D eigenvalue weighted by molar-refractivity contribution is 9.10. The first-order chi connectivity index (χ1) is 10.8. The summed E-state index contributed by atoms with van der Waals surface area (Å²) in [6.45, 7) is 7.29. The number of carbonyl (C=O) groups excluding carboxylic acids is 1. The van der Waals surface area contributed by atoms with Crippen LogP contribution in [-0.4, -0.2) is 36.3 Å². The summed E-state index contributed by atoms with van der Waals surface area (Å²) in [5.41, 5.74) is -0.178. The van der Waals surface area contributed by atoms with Gasteiger partial charge in [-0.3, -0.25) is 4.98 Å². The van der Waals surface area contributed by atoms with Crippen molar-refractivity contribution in [2.24, 2.45) is 0 Å². The predicted molar refractivity (Wildman–Crippen MR) is 92.1 cm³/mol. The van der Waals surface area contributed by atoms with E-state index in [4.69, 9.17) is 9.47 Å². The number of nitrogens with zero attached hydrogens (tertiary/aromatic N) is 1. The van der Waals surface area contributed by atoms with Gasteiger partial charge in [-0.15, -0.1) is 0 Å². The van der Waals surface area contributed by atoms with Gasteiger partial charge in [-0.05, 0) is 81.2 Å². The van der Waals surface area contributed by atoms with E-state index in [-0.39, 0.29) is 12.6 Å². The Morgan fingerprint density at radius 1 is 1.35 bits per heavy atom. The van der Waals surface area contributed by atoms with Crippen LogP contribution in [-0.2, 0) is 19.9 Å². The maximum atomic E-state index is 12.0. The van der Waals surface area contributed by atoms with E-state index in [9.17, 15) is 4.79 Å². The largest absolute Gasteiger partial charge is 0.458 e. The van der Waals surface area contributed by atoms with Gasteiger partial charge in [-0.25, -0.2) is 4.79 Å². The van der Waals surface area contributed by atoms with Crippen LogP contribution in [0.15, 0.2) is 22.8 Å². The van der Waals surface area contributed by atoms with Gasteiger partial charge in [0.25, 0.3) is 0 Å². The molecule has 1 atom stereocenters. The van der Waals surface area contributed by atoms with Crippen molar-refractivity contribution in [2.45, 2.75) is 51.2 Å². The number of carbonyl (C=O) groups is 1. The Morgan fingerprint density at radius 2 is 2.13 bits per heavy atom. The molecule has 0 radical (unpaired) electrons. The molecule has 2 heterocycles. The van der Waals surface area contributed by atoms with Gasteiger partial charge >= 0.3 is 5.97 Å². The van der Waals surface area contributed by atoms with Crippen LogP contribution in [0.25, 0.3) is 0 Å². The predicted octanol–water partition coefficient (Wildman–Crippen LogP) is 3.17. The third-order valence-corrected chi connectivity index (χ3v) is 4.19. The van der Waals surface area contributed by atoms with Gasteiger partial charge in [0.15, 0.2) is 0 Å². The molecule has 1 aliphatic rings. The van der Waals surface area contributed by atoms with E-state index in [1.54, 1.807) is 6.20 Å². The Labute approximate surface area is 146 Å². The molecule has 2 rings (SSSR count). The van der Waals surface area contributed by atoms with Crippen LogP contribution < -0.4 is 5.32 Å². The monoisotopic (exact) mass is 384 g/mol. The first-order valence-corrected chi connectivity index (χ1v) is 8.79. The van der Waals surface area contributed by atoms with Gasteiger partial charge < -0.3 is 14.8 Å². The van der Waals surface area contributed by atoms with Crippen LogP contribution in [0.3, 0.4) is 0 Å². The number of aromatic nitrogens is 1. The van der Waals surface area contributed by atoms with E-state index < -0.39 is 11.2 Å². The molecule has 1 aliphatic heterocycles. The third-order valence-electron chi connectivity index (χ3n) is 3.72. The number of hydrogen-bond donors (Lipinski definition) is 1. The second kappa shape index (κ2) is 7.73. The molecule has 6 heteroatoms. The smallest absolute Gasteiger partial charge is 0.332 e. The van der Waals surface area contributed by atoms with E-state index >= 15 is 0 Å². The minimum Gasteiger partial charge on any atom is -0.458 e. The summed E-state index contributed by atoms with van der Waals surface area (Å²) in [5, 5.41) is 3.38. The van der Waals surface area contributed by atoms with E-state index in [1.165, 1.54) is 0 Å². The molecule has 5 nitrogen and oxygen atoms in total. The maximum absolute atomic E-state index is 12.0. The molecular formula is C17H25BrN2O3.